The van der Waals surface area contributed by atoms with Crippen LogP contribution in [-0.4, -0.2) is 0 Å². The highest BCUT2D eigenvalue weighted by molar-refractivity contribution is 7.98. The first kappa shape index (κ1) is 14.4. The van der Waals surface area contributed by atoms with Crippen LogP contribution < -0.4 is 5.73 Å². The van der Waals surface area contributed by atoms with Crippen LogP contribution in [0, 0.1) is 11.6 Å². The zero-order chi connectivity index (χ0) is 14.0. The maximum absolute atomic E-state index is 13.6. The monoisotopic (exact) mass is 319 g/mol. The molecule has 2 aromatic rings. The van der Waals surface area contributed by atoms with Gasteiger partial charge in [-0.3, -0.25) is 0 Å². The van der Waals surface area contributed by atoms with E-state index in [4.69, 9.17) is 28.9 Å². The van der Waals surface area contributed by atoms with Gasteiger partial charge in [0.05, 0.1) is 4.90 Å². The first-order chi connectivity index (χ1) is 8.99. The lowest BCUT2D eigenvalue weighted by molar-refractivity contribution is 0.542. The number of nitrogens with two attached hydrogens (primary N) is 1. The summed E-state index contributed by atoms with van der Waals surface area (Å²) >= 11 is 13.0. The maximum Gasteiger partial charge on any atom is 0.141 e. The maximum atomic E-state index is 13.6. The van der Waals surface area contributed by atoms with Gasteiger partial charge in [-0.15, -0.1) is 11.8 Å². The summed E-state index contributed by atoms with van der Waals surface area (Å²) in [7, 11) is 0. The fraction of sp³-hybridized carbons (Fsp3) is 0.0769. The van der Waals surface area contributed by atoms with Gasteiger partial charge in [-0.1, -0.05) is 29.3 Å². The number of benzene rings is 2. The molecule has 0 unspecified atom stereocenters. The van der Waals surface area contributed by atoms with Crippen molar-refractivity contribution in [1.82, 2.24) is 0 Å². The van der Waals surface area contributed by atoms with E-state index in [-0.39, 0.29) is 16.3 Å². The zero-order valence-electron chi connectivity index (χ0n) is 9.59. The van der Waals surface area contributed by atoms with Crippen molar-refractivity contribution in [3.8, 4) is 0 Å². The molecule has 0 saturated heterocycles. The van der Waals surface area contributed by atoms with E-state index in [9.17, 15) is 8.78 Å². The molecule has 0 saturated carbocycles. The fourth-order valence-electron chi connectivity index (χ4n) is 1.53. The van der Waals surface area contributed by atoms with Crippen LogP contribution in [0.4, 0.5) is 14.5 Å². The SMILES string of the molecule is Nc1cc(F)c(SCc2c(Cl)cccc2Cl)c(F)c1. The summed E-state index contributed by atoms with van der Waals surface area (Å²) in [6.07, 6.45) is 0. The summed E-state index contributed by atoms with van der Waals surface area (Å²) in [5.74, 6) is -1.10. The highest BCUT2D eigenvalue weighted by Crippen LogP contribution is 2.34. The number of thioether (sulfide) groups is 1. The van der Waals surface area contributed by atoms with Gasteiger partial charge in [0.1, 0.15) is 11.6 Å². The second-order valence-electron chi connectivity index (χ2n) is 3.80. The first-order valence-electron chi connectivity index (χ1n) is 5.29. The zero-order valence-corrected chi connectivity index (χ0v) is 11.9. The number of anilines is 1. The van der Waals surface area contributed by atoms with E-state index in [0.717, 1.165) is 23.9 Å². The van der Waals surface area contributed by atoms with Gasteiger partial charge in [0.2, 0.25) is 0 Å². The molecule has 100 valence electrons. The minimum atomic E-state index is -0.689. The Kier molecular flexibility index (Phi) is 4.55. The van der Waals surface area contributed by atoms with E-state index in [2.05, 4.69) is 0 Å². The van der Waals surface area contributed by atoms with E-state index in [1.165, 1.54) is 0 Å². The topological polar surface area (TPSA) is 26.0 Å². The van der Waals surface area contributed by atoms with E-state index >= 15 is 0 Å². The van der Waals surface area contributed by atoms with Crippen LogP contribution in [0.3, 0.4) is 0 Å². The molecule has 0 aliphatic heterocycles. The lowest BCUT2D eigenvalue weighted by Gasteiger charge is -2.08. The van der Waals surface area contributed by atoms with E-state index in [1.54, 1.807) is 18.2 Å². The number of halogens is 4. The van der Waals surface area contributed by atoms with Gasteiger partial charge >= 0.3 is 0 Å². The average Bonchev–Trinajstić information content (AvgIpc) is 2.31. The van der Waals surface area contributed by atoms with Crippen molar-refractivity contribution < 1.29 is 8.78 Å². The lowest BCUT2D eigenvalue weighted by atomic mass is 10.2. The molecule has 0 amide bonds. The molecule has 0 spiro atoms. The molecule has 6 heteroatoms. The molecule has 1 nitrogen and oxygen atoms in total. The van der Waals surface area contributed by atoms with Crippen molar-refractivity contribution in [3.05, 3.63) is 57.6 Å². The lowest BCUT2D eigenvalue weighted by Crippen LogP contribution is -1.94. The fourth-order valence-corrected chi connectivity index (χ4v) is 3.21. The Balaban J connectivity index is 2.24. The molecule has 0 aliphatic carbocycles. The number of hydrogen-bond donors (Lipinski definition) is 1. The third-order valence-electron chi connectivity index (χ3n) is 2.44. The summed E-state index contributed by atoms with van der Waals surface area (Å²) in [6, 6.07) is 7.24. The van der Waals surface area contributed by atoms with Gasteiger partial charge in [-0.05, 0) is 29.8 Å². The van der Waals surface area contributed by atoms with Crippen LogP contribution in [0.2, 0.25) is 10.0 Å². The van der Waals surface area contributed by atoms with Gasteiger partial charge in [0, 0.05) is 21.5 Å². The van der Waals surface area contributed by atoms with Crippen molar-refractivity contribution in [1.29, 1.82) is 0 Å². The second kappa shape index (κ2) is 5.99. The van der Waals surface area contributed by atoms with Crippen LogP contribution in [0.25, 0.3) is 0 Å². The third-order valence-corrected chi connectivity index (χ3v) is 4.26. The third kappa shape index (κ3) is 3.32. The van der Waals surface area contributed by atoms with E-state index in [0.29, 0.717) is 15.6 Å². The molecule has 2 aromatic carbocycles. The molecule has 0 aliphatic rings. The molecule has 2 N–H and O–H groups in total. The molecule has 0 aromatic heterocycles. The van der Waals surface area contributed by atoms with Gasteiger partial charge < -0.3 is 5.73 Å². The minimum Gasteiger partial charge on any atom is -0.399 e. The number of hydrogen-bond acceptors (Lipinski definition) is 2. The van der Waals surface area contributed by atoms with E-state index < -0.39 is 11.6 Å². The van der Waals surface area contributed by atoms with E-state index in [1.807, 2.05) is 0 Å². The Hall–Kier alpha value is -0.970. The molecule has 0 atom stereocenters. The van der Waals surface area contributed by atoms with Crippen molar-refractivity contribution in [2.75, 3.05) is 5.73 Å². The van der Waals surface area contributed by atoms with Crippen LogP contribution in [0.15, 0.2) is 35.2 Å². The summed E-state index contributed by atoms with van der Waals surface area (Å²) in [4.78, 5) is -0.0924. The van der Waals surface area contributed by atoms with Gasteiger partial charge in [-0.25, -0.2) is 8.78 Å². The average molecular weight is 320 g/mol. The number of nitrogen functional groups attached to an aromatic ring is 1. The quantitative estimate of drug-likeness (QED) is 0.625. The predicted octanol–water partition coefficient (Wildman–Crippen LogP) is 5.15. The summed E-state index contributed by atoms with van der Waals surface area (Å²) < 4.78 is 27.2. The molecule has 2 rings (SSSR count). The van der Waals surface area contributed by atoms with Crippen LogP contribution in [-0.2, 0) is 5.75 Å². The smallest absolute Gasteiger partial charge is 0.141 e. The Morgan fingerprint density at radius 1 is 1.05 bits per heavy atom. The number of rotatable bonds is 3. The normalized spacial score (nSPS) is 10.7. The van der Waals surface area contributed by atoms with Crippen LogP contribution in [0.5, 0.6) is 0 Å². The van der Waals surface area contributed by atoms with Crippen molar-refractivity contribution in [3.63, 3.8) is 0 Å². The summed E-state index contributed by atoms with van der Waals surface area (Å²) in [5.41, 5.74) is 6.05. The highest BCUT2D eigenvalue weighted by atomic mass is 35.5. The molecule has 0 fully saturated rings. The molecular formula is C13H9Cl2F2NS. The van der Waals surface area contributed by atoms with Crippen molar-refractivity contribution >= 4 is 40.7 Å². The molecule has 0 bridgehead atoms. The highest BCUT2D eigenvalue weighted by Gasteiger charge is 2.13. The Morgan fingerprint density at radius 2 is 1.58 bits per heavy atom. The first-order valence-corrected chi connectivity index (χ1v) is 7.03. The summed E-state index contributed by atoms with van der Waals surface area (Å²) in [5, 5.41) is 0.938. The molecule has 0 heterocycles. The molecule has 0 radical (unpaired) electrons. The Labute approximate surface area is 123 Å². The predicted molar refractivity (Wildman–Crippen MR) is 76.8 cm³/mol. The van der Waals surface area contributed by atoms with Gasteiger partial charge in [0.15, 0.2) is 0 Å². The minimum absolute atomic E-state index is 0.0510. The molecule has 19 heavy (non-hydrogen) atoms. The van der Waals surface area contributed by atoms with Gasteiger partial charge in [0.25, 0.3) is 0 Å². The standard InChI is InChI=1S/C13H9Cl2F2NS/c14-9-2-1-3-10(15)8(9)6-19-13-11(16)4-7(18)5-12(13)17/h1-5H,6,18H2. The van der Waals surface area contributed by atoms with Crippen LogP contribution >= 0.6 is 35.0 Å². The van der Waals surface area contributed by atoms with Crippen molar-refractivity contribution in [2.24, 2.45) is 0 Å². The largest absolute Gasteiger partial charge is 0.399 e. The van der Waals surface area contributed by atoms with Gasteiger partial charge in [-0.2, -0.15) is 0 Å². The second-order valence-corrected chi connectivity index (χ2v) is 5.60. The van der Waals surface area contributed by atoms with Crippen LogP contribution in [0.1, 0.15) is 5.56 Å². The van der Waals surface area contributed by atoms with Crippen molar-refractivity contribution in [2.45, 2.75) is 10.6 Å². The Morgan fingerprint density at radius 3 is 2.11 bits per heavy atom. The Bertz CT molecular complexity index is 576. The summed E-state index contributed by atoms with van der Waals surface area (Å²) in [6.45, 7) is 0. The molecular weight excluding hydrogens is 311 g/mol.